The van der Waals surface area contributed by atoms with Crippen molar-refractivity contribution in [1.82, 2.24) is 0 Å². The van der Waals surface area contributed by atoms with Gasteiger partial charge < -0.3 is 0 Å². The van der Waals surface area contributed by atoms with Gasteiger partial charge in [-0.1, -0.05) is 0 Å². The van der Waals surface area contributed by atoms with Crippen molar-refractivity contribution in [2.75, 3.05) is 0 Å². The van der Waals surface area contributed by atoms with Gasteiger partial charge in [-0.3, -0.25) is 4.55 Å². The molecule has 152 valence electrons. The molecule has 0 rings (SSSR count). The van der Waals surface area contributed by atoms with Gasteiger partial charge in [0.25, 0.3) is 11.9 Å². The van der Waals surface area contributed by atoms with Crippen LogP contribution in [-0.2, 0) is 10.1 Å². The topological polar surface area (TPSA) is 54.4 Å². The van der Waals surface area contributed by atoms with Crippen molar-refractivity contribution in [1.29, 1.82) is 0 Å². The monoisotopic (exact) mass is 424 g/mol. The third-order valence-electron chi connectivity index (χ3n) is 2.77. The maximum atomic E-state index is 13.1. The van der Waals surface area contributed by atoms with Crippen LogP contribution in [0.5, 0.6) is 0 Å². The summed E-state index contributed by atoms with van der Waals surface area (Å²) in [5.41, 5.74) is -5.20. The molecule has 6 atom stereocenters. The third kappa shape index (κ3) is 4.83. The van der Waals surface area contributed by atoms with E-state index >= 15 is 0 Å². The fraction of sp³-hybridized carbons (Fsp3) is 1.00. The van der Waals surface area contributed by atoms with Crippen LogP contribution in [0.15, 0.2) is 0 Å². The van der Waals surface area contributed by atoms with E-state index in [1.807, 2.05) is 0 Å². The second-order valence-corrected chi connectivity index (χ2v) is 6.03. The molecule has 0 amide bonds. The third-order valence-corrected chi connectivity index (χ3v) is 3.59. The SMILES string of the molecule is O=S(=O)(O)C(F)C(F)(F)C(F)(F)C(F)C(F)C(F)C(F)C(F)C(F)F. The van der Waals surface area contributed by atoms with E-state index in [1.165, 1.54) is 0 Å². The fourth-order valence-corrected chi connectivity index (χ4v) is 1.91. The lowest BCUT2D eigenvalue weighted by atomic mass is 9.97. The molecule has 0 aliphatic carbocycles. The highest BCUT2D eigenvalue weighted by Crippen LogP contribution is 2.45. The van der Waals surface area contributed by atoms with E-state index in [9.17, 15) is 61.1 Å². The van der Waals surface area contributed by atoms with E-state index in [4.69, 9.17) is 4.55 Å². The lowest BCUT2D eigenvalue weighted by Gasteiger charge is -2.32. The van der Waals surface area contributed by atoms with Crippen LogP contribution in [0.3, 0.4) is 0 Å². The molecule has 0 bridgehead atoms. The van der Waals surface area contributed by atoms with E-state index in [0.29, 0.717) is 0 Å². The zero-order valence-corrected chi connectivity index (χ0v) is 12.1. The molecule has 0 aliphatic heterocycles. The Morgan fingerprint density at radius 2 is 1.00 bits per heavy atom. The maximum absolute atomic E-state index is 13.1. The van der Waals surface area contributed by atoms with Gasteiger partial charge in [0.1, 0.15) is 0 Å². The molecular formula is C9H8F12O3S. The van der Waals surface area contributed by atoms with Crippen LogP contribution in [0.2, 0.25) is 0 Å². The Labute approximate surface area is 131 Å². The number of halogens is 12. The Morgan fingerprint density at radius 1 is 0.640 bits per heavy atom. The molecule has 25 heavy (non-hydrogen) atoms. The summed E-state index contributed by atoms with van der Waals surface area (Å²) in [5.74, 6) is -13.4. The van der Waals surface area contributed by atoms with Crippen LogP contribution >= 0.6 is 0 Å². The zero-order valence-electron chi connectivity index (χ0n) is 11.2. The van der Waals surface area contributed by atoms with Gasteiger partial charge in [-0.15, -0.1) is 0 Å². The van der Waals surface area contributed by atoms with Crippen LogP contribution < -0.4 is 0 Å². The molecular weight excluding hydrogens is 416 g/mol. The minimum Gasteiger partial charge on any atom is -0.283 e. The van der Waals surface area contributed by atoms with Crippen molar-refractivity contribution < 1.29 is 65.7 Å². The van der Waals surface area contributed by atoms with Crippen molar-refractivity contribution in [3.05, 3.63) is 0 Å². The Morgan fingerprint density at radius 3 is 1.32 bits per heavy atom. The second-order valence-electron chi connectivity index (χ2n) is 4.59. The van der Waals surface area contributed by atoms with Gasteiger partial charge in [0.05, 0.1) is 0 Å². The minimum absolute atomic E-state index is 4.14. The minimum atomic E-state index is -6.71. The van der Waals surface area contributed by atoms with E-state index < -0.39 is 64.8 Å². The molecule has 0 aliphatic rings. The van der Waals surface area contributed by atoms with Gasteiger partial charge in [0, 0.05) is 0 Å². The lowest BCUT2D eigenvalue weighted by molar-refractivity contribution is -0.264. The Balaban J connectivity index is 5.58. The highest BCUT2D eigenvalue weighted by atomic mass is 32.2. The van der Waals surface area contributed by atoms with Gasteiger partial charge in [0.15, 0.2) is 24.7 Å². The van der Waals surface area contributed by atoms with Crippen molar-refractivity contribution in [2.24, 2.45) is 0 Å². The summed E-state index contributed by atoms with van der Waals surface area (Å²) in [6, 6.07) is 0. The number of hydrogen-bond donors (Lipinski definition) is 1. The van der Waals surface area contributed by atoms with Gasteiger partial charge in [-0.25, -0.2) is 35.1 Å². The summed E-state index contributed by atoms with van der Waals surface area (Å²) in [6.07, 6.45) is -27.1. The molecule has 0 aromatic heterocycles. The molecule has 3 nitrogen and oxygen atoms in total. The molecule has 0 spiro atoms. The average Bonchev–Trinajstić information content (AvgIpc) is 2.48. The Kier molecular flexibility index (Phi) is 7.46. The largest absolute Gasteiger partial charge is 0.360 e. The summed E-state index contributed by atoms with van der Waals surface area (Å²) >= 11 is 0. The maximum Gasteiger partial charge on any atom is 0.360 e. The zero-order chi connectivity index (χ0) is 20.5. The molecule has 0 aromatic carbocycles. The van der Waals surface area contributed by atoms with E-state index in [-0.39, 0.29) is 0 Å². The van der Waals surface area contributed by atoms with Crippen molar-refractivity contribution in [3.63, 3.8) is 0 Å². The van der Waals surface area contributed by atoms with Crippen LogP contribution in [0.25, 0.3) is 0 Å². The average molecular weight is 424 g/mol. The van der Waals surface area contributed by atoms with Crippen molar-refractivity contribution >= 4 is 10.1 Å². The smallest absolute Gasteiger partial charge is 0.283 e. The molecule has 16 heteroatoms. The highest BCUT2D eigenvalue weighted by Gasteiger charge is 2.72. The molecule has 0 saturated carbocycles. The first-order valence-corrected chi connectivity index (χ1v) is 7.25. The Hall–Kier alpha value is -0.930. The number of hydrogen-bond acceptors (Lipinski definition) is 2. The predicted octanol–water partition coefficient (Wildman–Crippen LogP) is 3.40. The standard InChI is InChI=1S/C9H8F12O3S/c10-1(2(11)4(13)6(15)16)3(12)5(14)8(18,19)9(20,21)7(17)25(22,23)24/h1-7H,(H,22,23,24). The predicted molar refractivity (Wildman–Crippen MR) is 56.8 cm³/mol. The number of alkyl halides is 12. The Bertz CT molecular complexity index is 540. The van der Waals surface area contributed by atoms with Crippen LogP contribution in [0.4, 0.5) is 52.7 Å². The normalized spacial score (nSPS) is 21.5. The van der Waals surface area contributed by atoms with Crippen molar-refractivity contribution in [2.45, 2.75) is 54.6 Å². The summed E-state index contributed by atoms with van der Waals surface area (Å²) in [4.78, 5) is 0. The second kappa shape index (κ2) is 7.75. The summed E-state index contributed by atoms with van der Waals surface area (Å²) in [7, 11) is -6.58. The molecule has 6 unspecified atom stereocenters. The van der Waals surface area contributed by atoms with Gasteiger partial charge in [-0.2, -0.15) is 26.0 Å². The quantitative estimate of drug-likeness (QED) is 0.456. The molecule has 0 saturated heterocycles. The summed E-state index contributed by atoms with van der Waals surface area (Å²) in [5, 5.41) is 0. The van der Waals surface area contributed by atoms with Gasteiger partial charge in [0.2, 0.25) is 6.17 Å². The first kappa shape index (κ1) is 24.1. The number of rotatable bonds is 9. The summed E-state index contributed by atoms with van der Waals surface area (Å²) in [6.45, 7) is 0. The first-order chi connectivity index (χ1) is 10.9. The van der Waals surface area contributed by atoms with Crippen LogP contribution in [0.1, 0.15) is 0 Å². The molecule has 1 N–H and O–H groups in total. The molecule has 0 heterocycles. The van der Waals surface area contributed by atoms with Crippen LogP contribution in [-0.4, -0.2) is 67.6 Å². The fourth-order valence-electron chi connectivity index (χ4n) is 1.37. The first-order valence-electron chi connectivity index (χ1n) is 5.75. The molecule has 0 aromatic rings. The molecule has 0 radical (unpaired) electrons. The highest BCUT2D eigenvalue weighted by molar-refractivity contribution is 7.86. The lowest BCUT2D eigenvalue weighted by Crippen LogP contribution is -2.59. The van der Waals surface area contributed by atoms with E-state index in [2.05, 4.69) is 0 Å². The molecule has 0 fully saturated rings. The van der Waals surface area contributed by atoms with Gasteiger partial charge >= 0.3 is 22.0 Å². The van der Waals surface area contributed by atoms with E-state index in [1.54, 1.807) is 0 Å². The van der Waals surface area contributed by atoms with Gasteiger partial charge in [-0.05, 0) is 0 Å². The van der Waals surface area contributed by atoms with Crippen LogP contribution in [0, 0.1) is 0 Å². The van der Waals surface area contributed by atoms with E-state index in [0.717, 1.165) is 0 Å². The van der Waals surface area contributed by atoms with Crippen molar-refractivity contribution in [3.8, 4) is 0 Å². The summed E-state index contributed by atoms with van der Waals surface area (Å²) < 4.78 is 181.